The molecule has 0 radical (unpaired) electrons. The Labute approximate surface area is 211 Å². The molecule has 2 heterocycles. The Hall–Kier alpha value is -3.02. The lowest BCUT2D eigenvalue weighted by molar-refractivity contribution is -0.131. The Bertz CT molecular complexity index is 1160. The van der Waals surface area contributed by atoms with E-state index in [1.807, 2.05) is 65.6 Å². The van der Waals surface area contributed by atoms with Crippen LogP contribution in [0.3, 0.4) is 0 Å². The molecule has 35 heavy (non-hydrogen) atoms. The summed E-state index contributed by atoms with van der Waals surface area (Å²) in [7, 11) is 0. The molecule has 2 aliphatic rings. The van der Waals surface area contributed by atoms with E-state index in [0.717, 1.165) is 48.1 Å². The summed E-state index contributed by atoms with van der Waals surface area (Å²) in [5, 5.41) is 0.673. The predicted molar refractivity (Wildman–Crippen MR) is 137 cm³/mol. The molecule has 5 rings (SSSR count). The van der Waals surface area contributed by atoms with Crippen molar-refractivity contribution in [2.45, 2.75) is 38.3 Å². The molecular weight excluding hydrogens is 462 g/mol. The lowest BCUT2D eigenvalue weighted by atomic mass is 10.0. The second-order valence-electron chi connectivity index (χ2n) is 9.10. The van der Waals surface area contributed by atoms with Gasteiger partial charge in [-0.05, 0) is 60.2 Å². The van der Waals surface area contributed by atoms with Gasteiger partial charge >= 0.3 is 0 Å². The average molecular weight is 492 g/mol. The van der Waals surface area contributed by atoms with E-state index < -0.39 is 0 Å². The zero-order valence-electron chi connectivity index (χ0n) is 19.8. The molecule has 1 fully saturated rings. The fourth-order valence-corrected chi connectivity index (χ4v) is 4.83. The van der Waals surface area contributed by atoms with Gasteiger partial charge in [-0.1, -0.05) is 54.1 Å². The normalized spacial score (nSPS) is 17.7. The fourth-order valence-electron chi connectivity index (χ4n) is 4.64. The van der Waals surface area contributed by atoms with Gasteiger partial charge in [0.25, 0.3) is 0 Å². The number of carbonyl (C=O) groups excluding carboxylic acids is 1. The van der Waals surface area contributed by atoms with Crippen LogP contribution < -0.4 is 9.47 Å². The summed E-state index contributed by atoms with van der Waals surface area (Å²) in [4.78, 5) is 15.0. The van der Waals surface area contributed by atoms with Gasteiger partial charge in [0, 0.05) is 23.7 Å². The first-order chi connectivity index (χ1) is 17.2. The minimum atomic E-state index is 0.0823. The van der Waals surface area contributed by atoms with E-state index in [4.69, 9.17) is 25.8 Å². The van der Waals surface area contributed by atoms with Crippen molar-refractivity contribution in [2.24, 2.45) is 0 Å². The standard InChI is InChI=1S/C29H30ClNO4/c30-25-10-6-9-22(17-25)23-16-24-19-31(28(32)15-21-7-2-1-3-8-21)12-14-34-29(24)27(18-23)35-20-26-11-4-5-13-33-26/h1-3,6-10,16-18,26H,4-5,11-15,19-20H2/t26-/m1/s1. The van der Waals surface area contributed by atoms with E-state index >= 15 is 0 Å². The Balaban J connectivity index is 1.43. The van der Waals surface area contributed by atoms with Crippen LogP contribution >= 0.6 is 11.6 Å². The quantitative estimate of drug-likeness (QED) is 0.429. The molecule has 3 aromatic carbocycles. The van der Waals surface area contributed by atoms with Crippen molar-refractivity contribution >= 4 is 17.5 Å². The van der Waals surface area contributed by atoms with Gasteiger partial charge in [0.15, 0.2) is 11.5 Å². The van der Waals surface area contributed by atoms with Crippen LogP contribution in [0.25, 0.3) is 11.1 Å². The van der Waals surface area contributed by atoms with Gasteiger partial charge in [-0.3, -0.25) is 4.79 Å². The minimum Gasteiger partial charge on any atom is -0.487 e. The summed E-state index contributed by atoms with van der Waals surface area (Å²) in [6.07, 6.45) is 3.71. The van der Waals surface area contributed by atoms with Crippen LogP contribution in [0, 0.1) is 0 Å². The molecule has 0 aromatic heterocycles. The molecule has 0 saturated carbocycles. The van der Waals surface area contributed by atoms with E-state index in [9.17, 15) is 4.79 Å². The minimum absolute atomic E-state index is 0.0823. The van der Waals surface area contributed by atoms with E-state index in [-0.39, 0.29) is 12.0 Å². The van der Waals surface area contributed by atoms with E-state index in [0.29, 0.717) is 49.2 Å². The van der Waals surface area contributed by atoms with E-state index in [1.165, 1.54) is 0 Å². The van der Waals surface area contributed by atoms with Gasteiger partial charge in [0.1, 0.15) is 13.2 Å². The molecule has 1 atom stereocenters. The maximum Gasteiger partial charge on any atom is 0.227 e. The molecule has 0 N–H and O–H groups in total. The summed E-state index contributed by atoms with van der Waals surface area (Å²) < 4.78 is 18.3. The van der Waals surface area contributed by atoms with E-state index in [1.54, 1.807) is 0 Å². The van der Waals surface area contributed by atoms with Crippen LogP contribution in [0.4, 0.5) is 0 Å². The third-order valence-electron chi connectivity index (χ3n) is 6.51. The fraction of sp³-hybridized carbons (Fsp3) is 0.345. The first-order valence-electron chi connectivity index (χ1n) is 12.3. The third-order valence-corrected chi connectivity index (χ3v) is 6.74. The topological polar surface area (TPSA) is 48.0 Å². The van der Waals surface area contributed by atoms with Crippen LogP contribution in [-0.2, 0) is 22.5 Å². The highest BCUT2D eigenvalue weighted by Gasteiger charge is 2.25. The van der Waals surface area contributed by atoms with Crippen LogP contribution in [0.2, 0.25) is 5.02 Å². The van der Waals surface area contributed by atoms with Crippen molar-refractivity contribution in [2.75, 3.05) is 26.4 Å². The number of rotatable bonds is 6. The smallest absolute Gasteiger partial charge is 0.227 e. The highest BCUT2D eigenvalue weighted by Crippen LogP contribution is 2.39. The van der Waals surface area contributed by atoms with Gasteiger partial charge in [-0.15, -0.1) is 0 Å². The van der Waals surface area contributed by atoms with Crippen LogP contribution in [0.1, 0.15) is 30.4 Å². The van der Waals surface area contributed by atoms with Crippen LogP contribution in [0.15, 0.2) is 66.7 Å². The summed E-state index contributed by atoms with van der Waals surface area (Å²) in [5.74, 6) is 1.48. The Morgan fingerprint density at radius 2 is 1.89 bits per heavy atom. The van der Waals surface area contributed by atoms with Gasteiger partial charge in [0.2, 0.25) is 5.91 Å². The molecule has 0 unspecified atom stereocenters. The molecular formula is C29H30ClNO4. The summed E-state index contributed by atoms with van der Waals surface area (Å²) in [6, 6.07) is 21.7. The molecule has 182 valence electrons. The van der Waals surface area contributed by atoms with Crippen LogP contribution in [0.5, 0.6) is 11.5 Å². The molecule has 6 heteroatoms. The maximum atomic E-state index is 13.2. The number of halogens is 1. The summed E-state index contributed by atoms with van der Waals surface area (Å²) >= 11 is 6.28. The second kappa shape index (κ2) is 11.1. The Kier molecular flexibility index (Phi) is 7.55. The maximum absolute atomic E-state index is 13.2. The van der Waals surface area contributed by atoms with Crippen molar-refractivity contribution in [3.63, 3.8) is 0 Å². The van der Waals surface area contributed by atoms with Gasteiger partial charge in [-0.2, -0.15) is 0 Å². The first-order valence-corrected chi connectivity index (χ1v) is 12.7. The Morgan fingerprint density at radius 3 is 2.69 bits per heavy atom. The number of hydrogen-bond acceptors (Lipinski definition) is 4. The molecule has 0 aliphatic carbocycles. The molecule has 5 nitrogen and oxygen atoms in total. The second-order valence-corrected chi connectivity index (χ2v) is 9.54. The zero-order valence-corrected chi connectivity index (χ0v) is 20.5. The highest BCUT2D eigenvalue weighted by atomic mass is 35.5. The van der Waals surface area contributed by atoms with Crippen molar-refractivity contribution < 1.29 is 19.0 Å². The van der Waals surface area contributed by atoms with Gasteiger partial charge in [-0.25, -0.2) is 0 Å². The van der Waals surface area contributed by atoms with E-state index in [2.05, 4.69) is 6.07 Å². The lowest BCUT2D eigenvalue weighted by Gasteiger charge is -2.24. The van der Waals surface area contributed by atoms with Crippen LogP contribution in [-0.4, -0.2) is 43.3 Å². The average Bonchev–Trinajstić information content (AvgIpc) is 3.11. The molecule has 3 aromatic rings. The molecule has 1 saturated heterocycles. The van der Waals surface area contributed by atoms with Crippen molar-refractivity contribution in [3.8, 4) is 22.6 Å². The molecule has 0 bridgehead atoms. The van der Waals surface area contributed by atoms with Crippen molar-refractivity contribution in [3.05, 3.63) is 82.9 Å². The number of amides is 1. The van der Waals surface area contributed by atoms with Crippen molar-refractivity contribution in [1.82, 2.24) is 4.90 Å². The molecule has 2 aliphatic heterocycles. The number of carbonyl (C=O) groups is 1. The summed E-state index contributed by atoms with van der Waals surface area (Å²) in [5.41, 5.74) is 3.91. The number of fused-ring (bicyclic) bond motifs is 1. The van der Waals surface area contributed by atoms with Crippen molar-refractivity contribution in [1.29, 1.82) is 0 Å². The monoisotopic (exact) mass is 491 g/mol. The van der Waals surface area contributed by atoms with Gasteiger partial charge in [0.05, 0.1) is 19.1 Å². The third kappa shape index (κ3) is 5.98. The SMILES string of the molecule is O=C(Cc1ccccc1)N1CCOc2c(cc(-c3cccc(Cl)c3)cc2OC[C@H]2CCCCO2)C1. The first kappa shape index (κ1) is 23.7. The number of hydrogen-bond donors (Lipinski definition) is 0. The lowest BCUT2D eigenvalue weighted by Crippen LogP contribution is -2.33. The number of ether oxygens (including phenoxy) is 3. The summed E-state index contributed by atoms with van der Waals surface area (Å²) in [6.45, 7) is 2.67. The highest BCUT2D eigenvalue weighted by molar-refractivity contribution is 6.30. The molecule has 1 amide bonds. The Morgan fingerprint density at radius 1 is 1.00 bits per heavy atom. The number of nitrogens with zero attached hydrogens (tertiary/aromatic N) is 1. The zero-order chi connectivity index (χ0) is 24.0. The number of benzene rings is 3. The largest absolute Gasteiger partial charge is 0.487 e. The predicted octanol–water partition coefficient (Wildman–Crippen LogP) is 5.92. The van der Waals surface area contributed by atoms with Gasteiger partial charge < -0.3 is 19.1 Å². The molecule has 0 spiro atoms.